The van der Waals surface area contributed by atoms with Crippen molar-refractivity contribution >= 4 is 5.97 Å². The molecule has 2 N–H and O–H groups in total. The van der Waals surface area contributed by atoms with Gasteiger partial charge < -0.3 is 10.5 Å². The molecule has 21 heavy (non-hydrogen) atoms. The highest BCUT2D eigenvalue weighted by Gasteiger charge is 2.41. The van der Waals surface area contributed by atoms with E-state index in [0.29, 0.717) is 6.42 Å². The van der Waals surface area contributed by atoms with Crippen LogP contribution in [0.3, 0.4) is 0 Å². The van der Waals surface area contributed by atoms with Crippen LogP contribution < -0.4 is 5.73 Å². The van der Waals surface area contributed by atoms with Crippen molar-refractivity contribution < 1.29 is 9.53 Å². The Morgan fingerprint density at radius 1 is 1.29 bits per heavy atom. The molecule has 4 heteroatoms. The van der Waals surface area contributed by atoms with Crippen LogP contribution in [0, 0.1) is 6.92 Å². The number of carbonyl (C=O) groups is 1. The molecule has 0 aliphatic rings. The Kier molecular flexibility index (Phi) is 4.70. The topological polar surface area (TPSA) is 65.2 Å². The third-order valence-electron chi connectivity index (χ3n) is 3.81. The summed E-state index contributed by atoms with van der Waals surface area (Å²) in [4.78, 5) is 16.6. The molecule has 0 spiro atoms. The van der Waals surface area contributed by atoms with Gasteiger partial charge in [0.2, 0.25) is 0 Å². The summed E-state index contributed by atoms with van der Waals surface area (Å²) in [6.45, 7) is 2.16. The molecular formula is C17H20N2O2. The number of ether oxygens (including phenoxy) is 1. The van der Waals surface area contributed by atoms with Crippen LogP contribution in [0.25, 0.3) is 0 Å². The maximum atomic E-state index is 12.5. The second kappa shape index (κ2) is 6.50. The molecule has 1 atom stereocenters. The van der Waals surface area contributed by atoms with E-state index in [0.717, 1.165) is 16.7 Å². The lowest BCUT2D eigenvalue weighted by atomic mass is 9.74. The molecule has 0 saturated carbocycles. The highest BCUT2D eigenvalue weighted by Crippen LogP contribution is 2.31. The molecule has 1 unspecified atom stereocenters. The second-order valence-electron chi connectivity index (χ2n) is 5.13. The number of benzene rings is 1. The fraction of sp³-hybridized carbons (Fsp3) is 0.294. The Bertz CT molecular complexity index is 613. The van der Waals surface area contributed by atoms with E-state index in [9.17, 15) is 4.79 Å². The van der Waals surface area contributed by atoms with E-state index in [1.807, 2.05) is 43.3 Å². The Balaban J connectivity index is 2.54. The lowest BCUT2D eigenvalue weighted by Gasteiger charge is -2.31. The molecule has 0 aliphatic heterocycles. The van der Waals surface area contributed by atoms with E-state index in [1.54, 1.807) is 12.4 Å². The number of pyridine rings is 1. The van der Waals surface area contributed by atoms with Crippen molar-refractivity contribution in [1.82, 2.24) is 4.98 Å². The average molecular weight is 284 g/mol. The molecule has 0 amide bonds. The first-order chi connectivity index (χ1) is 10.1. The Labute approximate surface area is 125 Å². The van der Waals surface area contributed by atoms with Crippen LogP contribution in [-0.2, 0) is 21.4 Å². The molecule has 110 valence electrons. The van der Waals surface area contributed by atoms with Crippen molar-refractivity contribution in [2.45, 2.75) is 18.8 Å². The third kappa shape index (κ3) is 2.95. The smallest absolute Gasteiger partial charge is 0.317 e. The molecular weight excluding hydrogens is 264 g/mol. The Morgan fingerprint density at radius 2 is 2.05 bits per heavy atom. The lowest BCUT2D eigenvalue weighted by molar-refractivity contribution is -0.147. The molecule has 0 radical (unpaired) electrons. The van der Waals surface area contributed by atoms with E-state index in [-0.39, 0.29) is 12.5 Å². The van der Waals surface area contributed by atoms with Gasteiger partial charge in [-0.2, -0.15) is 0 Å². The van der Waals surface area contributed by atoms with Gasteiger partial charge in [-0.1, -0.05) is 30.3 Å². The summed E-state index contributed by atoms with van der Waals surface area (Å²) in [7, 11) is 1.40. The number of aromatic nitrogens is 1. The van der Waals surface area contributed by atoms with Crippen molar-refractivity contribution in [3.05, 3.63) is 65.5 Å². The maximum absolute atomic E-state index is 12.5. The predicted octanol–water partition coefficient (Wildman–Crippen LogP) is 2.00. The zero-order valence-electron chi connectivity index (χ0n) is 12.4. The zero-order chi connectivity index (χ0) is 15.3. The number of esters is 1. The number of aryl methyl sites for hydroxylation is 1. The maximum Gasteiger partial charge on any atom is 0.317 e. The zero-order valence-corrected chi connectivity index (χ0v) is 12.4. The number of carbonyl (C=O) groups excluding carboxylic acids is 1. The van der Waals surface area contributed by atoms with Gasteiger partial charge in [0, 0.05) is 18.9 Å². The molecule has 0 saturated heterocycles. The summed E-state index contributed by atoms with van der Waals surface area (Å²) < 4.78 is 5.05. The Morgan fingerprint density at radius 3 is 2.62 bits per heavy atom. The van der Waals surface area contributed by atoms with Gasteiger partial charge in [-0.15, -0.1) is 0 Å². The fourth-order valence-electron chi connectivity index (χ4n) is 2.70. The summed E-state index contributed by atoms with van der Waals surface area (Å²) in [5.41, 5.74) is 8.01. The number of methoxy groups -OCH3 is 1. The SMILES string of the molecule is COC(=O)C(CN)(Cc1cccnc1)c1ccccc1C. The van der Waals surface area contributed by atoms with E-state index in [1.165, 1.54) is 7.11 Å². The Hall–Kier alpha value is -2.20. The number of rotatable bonds is 5. The van der Waals surface area contributed by atoms with Gasteiger partial charge in [-0.3, -0.25) is 9.78 Å². The first kappa shape index (κ1) is 15.2. The number of nitrogens with two attached hydrogens (primary N) is 1. The van der Waals surface area contributed by atoms with E-state index < -0.39 is 5.41 Å². The van der Waals surface area contributed by atoms with Crippen molar-refractivity contribution in [2.24, 2.45) is 5.73 Å². The minimum atomic E-state index is -0.886. The van der Waals surface area contributed by atoms with Crippen LogP contribution in [0.1, 0.15) is 16.7 Å². The molecule has 0 fully saturated rings. The molecule has 1 heterocycles. The molecule has 0 bridgehead atoms. The van der Waals surface area contributed by atoms with Crippen molar-refractivity contribution in [2.75, 3.05) is 13.7 Å². The van der Waals surface area contributed by atoms with E-state index in [2.05, 4.69) is 4.98 Å². The normalized spacial score (nSPS) is 13.5. The quantitative estimate of drug-likeness (QED) is 0.853. The van der Waals surface area contributed by atoms with Gasteiger partial charge in [0.05, 0.1) is 7.11 Å². The minimum absolute atomic E-state index is 0.180. The van der Waals surface area contributed by atoms with E-state index in [4.69, 9.17) is 10.5 Å². The summed E-state index contributed by atoms with van der Waals surface area (Å²) in [6.07, 6.45) is 3.93. The van der Waals surface area contributed by atoms with Gasteiger partial charge >= 0.3 is 5.97 Å². The summed E-state index contributed by atoms with van der Waals surface area (Å²) >= 11 is 0. The van der Waals surface area contributed by atoms with Crippen molar-refractivity contribution in [1.29, 1.82) is 0 Å². The molecule has 2 rings (SSSR count). The van der Waals surface area contributed by atoms with Gasteiger partial charge in [0.1, 0.15) is 5.41 Å². The van der Waals surface area contributed by atoms with Gasteiger partial charge in [-0.25, -0.2) is 0 Å². The highest BCUT2D eigenvalue weighted by molar-refractivity contribution is 5.84. The van der Waals surface area contributed by atoms with Crippen LogP contribution in [0.5, 0.6) is 0 Å². The number of hydrogen-bond acceptors (Lipinski definition) is 4. The molecule has 4 nitrogen and oxygen atoms in total. The third-order valence-corrected chi connectivity index (χ3v) is 3.81. The van der Waals surface area contributed by atoms with Crippen LogP contribution in [0.15, 0.2) is 48.8 Å². The predicted molar refractivity (Wildman–Crippen MR) is 81.9 cm³/mol. The van der Waals surface area contributed by atoms with Crippen LogP contribution >= 0.6 is 0 Å². The minimum Gasteiger partial charge on any atom is -0.468 e. The first-order valence-electron chi connectivity index (χ1n) is 6.87. The molecule has 2 aromatic rings. The second-order valence-corrected chi connectivity index (χ2v) is 5.13. The van der Waals surface area contributed by atoms with Crippen LogP contribution in [-0.4, -0.2) is 24.6 Å². The summed E-state index contributed by atoms with van der Waals surface area (Å²) in [6, 6.07) is 11.6. The molecule has 1 aromatic heterocycles. The largest absolute Gasteiger partial charge is 0.468 e. The first-order valence-corrected chi connectivity index (χ1v) is 6.87. The molecule has 0 aliphatic carbocycles. The van der Waals surface area contributed by atoms with Crippen molar-refractivity contribution in [3.8, 4) is 0 Å². The van der Waals surface area contributed by atoms with Crippen LogP contribution in [0.4, 0.5) is 0 Å². The number of nitrogens with zero attached hydrogens (tertiary/aromatic N) is 1. The number of hydrogen-bond donors (Lipinski definition) is 1. The van der Waals surface area contributed by atoms with Gasteiger partial charge in [0.25, 0.3) is 0 Å². The van der Waals surface area contributed by atoms with Gasteiger partial charge in [-0.05, 0) is 36.1 Å². The molecule has 1 aromatic carbocycles. The van der Waals surface area contributed by atoms with Crippen LogP contribution in [0.2, 0.25) is 0 Å². The van der Waals surface area contributed by atoms with E-state index >= 15 is 0 Å². The average Bonchev–Trinajstić information content (AvgIpc) is 2.53. The lowest BCUT2D eigenvalue weighted by Crippen LogP contribution is -2.46. The highest BCUT2D eigenvalue weighted by atomic mass is 16.5. The van der Waals surface area contributed by atoms with Crippen molar-refractivity contribution in [3.63, 3.8) is 0 Å². The summed E-state index contributed by atoms with van der Waals surface area (Å²) in [5, 5.41) is 0. The van der Waals surface area contributed by atoms with Gasteiger partial charge in [0.15, 0.2) is 0 Å². The monoisotopic (exact) mass is 284 g/mol. The summed E-state index contributed by atoms with van der Waals surface area (Å²) in [5.74, 6) is -0.317. The standard InChI is InChI=1S/C17H20N2O2/c1-13-6-3-4-8-15(13)17(12-18,16(20)21-2)10-14-7-5-9-19-11-14/h3-9,11H,10,12,18H2,1-2H3. The fourth-order valence-corrected chi connectivity index (χ4v) is 2.70.